The summed E-state index contributed by atoms with van der Waals surface area (Å²) < 4.78 is 277. The molecular weight excluding hydrogens is 682 g/mol. The molecule has 0 amide bonds. The minimum absolute atomic E-state index is 0.0188. The Kier molecular flexibility index (Phi) is 3.34. The van der Waals surface area contributed by atoms with E-state index >= 15 is 9.13 Å². The first-order chi connectivity index (χ1) is 37.3. The average Bonchev–Trinajstić information content (AvgIpc) is 4.05. The van der Waals surface area contributed by atoms with Crippen molar-refractivity contribution in [3.63, 3.8) is 0 Å². The van der Waals surface area contributed by atoms with Gasteiger partial charge in [-0.25, -0.2) is 0 Å². The van der Waals surface area contributed by atoms with Crippen LogP contribution >= 0.6 is 14.3 Å². The lowest BCUT2D eigenvalue weighted by atomic mass is 9.70. The van der Waals surface area contributed by atoms with Gasteiger partial charge < -0.3 is 9.13 Å². The van der Waals surface area contributed by atoms with Gasteiger partial charge in [-0.05, 0) is 56.6 Å². The van der Waals surface area contributed by atoms with E-state index in [0.29, 0.717) is 0 Å². The van der Waals surface area contributed by atoms with E-state index in [0.717, 1.165) is 12.1 Å². The lowest BCUT2D eigenvalue weighted by Crippen LogP contribution is -2.31. The number of fused-ring (bicyclic) bond motifs is 10. The molecule has 0 radical (unpaired) electrons. The molecule has 0 aromatic heterocycles. The van der Waals surface area contributed by atoms with E-state index in [9.17, 15) is 6.85 Å². The zero-order valence-electron chi connectivity index (χ0n) is 53.8. The van der Waals surface area contributed by atoms with Gasteiger partial charge in [0, 0.05) is 31.8 Å². The summed E-state index contributed by atoms with van der Waals surface area (Å²) in [4.78, 5) is 0. The van der Waals surface area contributed by atoms with Gasteiger partial charge >= 0.3 is 0 Å². The lowest BCUT2D eigenvalue weighted by molar-refractivity contribution is 0.591. The molecule has 252 valence electrons. The zero-order chi connectivity index (χ0) is 59.1. The minimum Gasteiger partial charge on any atom is -0.309 e. The van der Waals surface area contributed by atoms with Gasteiger partial charge in [-0.1, -0.05) is 194 Å². The van der Waals surface area contributed by atoms with Crippen LogP contribution in [-0.4, -0.2) is 0 Å². The Labute approximate surface area is 348 Å². The summed E-state index contributed by atoms with van der Waals surface area (Å²) >= 11 is 0. The van der Waals surface area contributed by atoms with E-state index in [1.54, 1.807) is 0 Å². The van der Waals surface area contributed by atoms with Gasteiger partial charge in [-0.3, -0.25) is 0 Å². The molecule has 0 saturated carbocycles. The van der Waals surface area contributed by atoms with Crippen LogP contribution in [0.25, 0.3) is 22.3 Å². The Morgan fingerprint density at radius 2 is 0.830 bits per heavy atom. The number of benzene rings is 8. The highest BCUT2D eigenvalue weighted by Gasteiger charge is 2.52. The Bertz CT molecular complexity index is 4110. The first-order valence-electron chi connectivity index (χ1n) is 29.3. The first-order valence-corrected chi connectivity index (χ1v) is 19.2. The highest BCUT2D eigenvalue weighted by atomic mass is 31.2. The monoisotopic (exact) mass is 743 g/mol. The number of hydrogen-bond donors (Lipinski definition) is 0. The third-order valence-electron chi connectivity index (χ3n) is 9.40. The molecule has 8 aromatic carbocycles. The molecule has 0 N–H and O–H groups in total. The normalized spacial score (nSPS) is 22.5. The van der Waals surface area contributed by atoms with Crippen molar-refractivity contribution in [3.05, 3.63) is 228 Å². The van der Waals surface area contributed by atoms with Crippen molar-refractivity contribution in [2.45, 2.75) is 5.41 Å². The Balaban J connectivity index is 1.49. The van der Waals surface area contributed by atoms with Gasteiger partial charge in [0.2, 0.25) is 0 Å². The molecule has 10 rings (SSSR count). The van der Waals surface area contributed by atoms with Crippen molar-refractivity contribution in [2.75, 3.05) is 0 Å². The molecule has 0 heterocycles. The molecule has 1 atom stereocenters. The molecule has 0 fully saturated rings. The van der Waals surface area contributed by atoms with Gasteiger partial charge in [0.15, 0.2) is 14.3 Å². The van der Waals surface area contributed by atoms with Crippen LogP contribution in [0.4, 0.5) is 0 Å². The molecule has 0 saturated heterocycles. The average molecular weight is 744 g/mol. The molecule has 2 aliphatic rings. The van der Waals surface area contributed by atoms with E-state index in [2.05, 4.69) is 0 Å². The van der Waals surface area contributed by atoms with Crippen LogP contribution < -0.4 is 31.8 Å². The van der Waals surface area contributed by atoms with E-state index in [-0.39, 0.29) is 22.3 Å². The topological polar surface area (TPSA) is 34.1 Å². The second-order valence-electron chi connectivity index (χ2n) is 11.9. The largest absolute Gasteiger partial charge is 0.309 e. The summed E-state index contributed by atoms with van der Waals surface area (Å²) in [6.07, 6.45) is 0. The highest BCUT2D eigenvalue weighted by molar-refractivity contribution is 7.85. The summed E-state index contributed by atoms with van der Waals surface area (Å²) in [5.74, 6) is 0. The quantitative estimate of drug-likeness (QED) is 0.159. The zero-order valence-corrected chi connectivity index (χ0v) is 28.5. The van der Waals surface area contributed by atoms with Gasteiger partial charge in [-0.15, -0.1) is 0 Å². The second-order valence-corrected chi connectivity index (χ2v) is 17.1. The van der Waals surface area contributed by atoms with E-state index in [4.69, 9.17) is 30.2 Å². The molecule has 53 heavy (non-hydrogen) atoms. The number of rotatable bonds is 6. The van der Waals surface area contributed by atoms with Crippen LogP contribution in [0.1, 0.15) is 59.3 Å². The third kappa shape index (κ3) is 4.47. The lowest BCUT2D eigenvalue weighted by Gasteiger charge is -2.32. The summed E-state index contributed by atoms with van der Waals surface area (Å²) in [5.41, 5.74) is -4.93. The Hall–Kier alpha value is -5.78. The molecule has 1 spiro atoms. The second kappa shape index (κ2) is 12.1. The van der Waals surface area contributed by atoms with Gasteiger partial charge in [0.25, 0.3) is 0 Å². The summed E-state index contributed by atoms with van der Waals surface area (Å²) in [6, 6.07) is -20.1. The molecule has 0 bridgehead atoms. The van der Waals surface area contributed by atoms with Crippen molar-refractivity contribution in [1.29, 1.82) is 0 Å². The Morgan fingerprint density at radius 1 is 0.358 bits per heavy atom. The highest BCUT2D eigenvalue weighted by Crippen LogP contribution is 2.63. The van der Waals surface area contributed by atoms with Crippen molar-refractivity contribution in [3.8, 4) is 22.3 Å². The van der Waals surface area contributed by atoms with Gasteiger partial charge in [0.05, 0.1) is 42.4 Å². The molecule has 2 nitrogen and oxygen atoms in total. The smallest absolute Gasteiger partial charge is 0.171 e. The third-order valence-corrected chi connectivity index (χ3v) is 14.7. The van der Waals surface area contributed by atoms with E-state index in [1.807, 2.05) is 0 Å². The standard InChI is InChI=1S/C49H34O2P2/c50-52(35-17-5-1-6-18-35,36-19-7-2-8-20-36)39-29-31-43-41-25-13-15-27-45(41)49(47(43)33-39)46-28-16-14-26-42(46)44-32-30-40(34-48(44)49)53(51,37-21-9-3-10-22-37)38-23-11-4-12-24-38/h1-34H/i1D,2D,3D,4D,5D,6D,7D,8D,9D,10D,11D,12D,13D,15D,17D,18D,19D,20D,21D,22D,23D,24D,25D,27D,29D,31D,33D. The summed E-state index contributed by atoms with van der Waals surface area (Å²) in [6.45, 7) is 0. The van der Waals surface area contributed by atoms with Crippen molar-refractivity contribution >= 4 is 46.1 Å². The molecule has 4 heteroatoms. The van der Waals surface area contributed by atoms with Crippen molar-refractivity contribution in [1.82, 2.24) is 0 Å². The molecular formula is C49H34O2P2. The predicted octanol–water partition coefficient (Wildman–Crippen LogP) is 9.31. The molecule has 0 aliphatic heterocycles. The maximum absolute atomic E-state index is 17.1. The van der Waals surface area contributed by atoms with Crippen LogP contribution in [-0.2, 0) is 14.5 Å². The van der Waals surface area contributed by atoms with E-state index < -0.39 is 237 Å². The molecule has 1 unspecified atom stereocenters. The summed E-state index contributed by atoms with van der Waals surface area (Å²) in [5, 5.41) is -6.47. The fourth-order valence-corrected chi connectivity index (χ4v) is 11.4. The molecule has 8 aromatic rings. The van der Waals surface area contributed by atoms with Gasteiger partial charge in [-0.2, -0.15) is 0 Å². The maximum Gasteiger partial charge on any atom is 0.171 e. The Morgan fingerprint density at radius 3 is 1.42 bits per heavy atom. The van der Waals surface area contributed by atoms with Crippen molar-refractivity contribution < 1.29 is 46.1 Å². The molecule has 2 aliphatic carbocycles. The fraction of sp³-hybridized carbons (Fsp3) is 0.0204. The van der Waals surface area contributed by atoms with Crippen LogP contribution in [0.2, 0.25) is 0 Å². The predicted molar refractivity (Wildman–Crippen MR) is 222 cm³/mol. The van der Waals surface area contributed by atoms with Crippen molar-refractivity contribution in [2.24, 2.45) is 0 Å². The summed E-state index contributed by atoms with van der Waals surface area (Å²) in [7, 11) is -11.6. The number of hydrogen-bond acceptors (Lipinski definition) is 2. The SMILES string of the molecule is [2H]c1c([2H])c([2H])c(P(=O)(c2ccc3c(c2)C2(c4ccccc4-3)c3c([2H])c([2H])c([2H])c([2H])c3-c3c([2H])c([2H])c(P(=O)(c4c([2H])c([2H])c([2H])c([2H])c4[2H])c4c([2H])c([2H])c([2H])c([2H])c4[2H])c([2H])c32)c2c([2H])c([2H])c([2H])c([2H])c2[2H])c([2H])c1[2H]. The van der Waals surface area contributed by atoms with Crippen LogP contribution in [0, 0.1) is 0 Å². The van der Waals surface area contributed by atoms with Gasteiger partial charge in [0.1, 0.15) is 0 Å². The fourth-order valence-electron chi connectivity index (χ4n) is 7.24. The maximum atomic E-state index is 17.1. The van der Waals surface area contributed by atoms with Crippen LogP contribution in [0.15, 0.2) is 206 Å². The minimum atomic E-state index is -6.03. The van der Waals surface area contributed by atoms with E-state index in [1.165, 1.54) is 30.3 Å². The van der Waals surface area contributed by atoms with Crippen LogP contribution in [0.3, 0.4) is 0 Å². The van der Waals surface area contributed by atoms with Crippen LogP contribution in [0.5, 0.6) is 0 Å². The first kappa shape index (κ1) is 14.6.